The molecule has 9 nitrogen and oxygen atoms in total. The zero-order valence-electron chi connectivity index (χ0n) is 25.0. The van der Waals surface area contributed by atoms with Crippen molar-refractivity contribution in [1.29, 1.82) is 0 Å². The van der Waals surface area contributed by atoms with Crippen LogP contribution in [-0.2, 0) is 26.8 Å². The maximum Gasteiger partial charge on any atom is 0.270 e. The van der Waals surface area contributed by atoms with Gasteiger partial charge in [0.2, 0.25) is 11.8 Å². The van der Waals surface area contributed by atoms with Crippen LogP contribution in [0.4, 0.5) is 5.69 Å². The molecule has 3 saturated carbocycles. The van der Waals surface area contributed by atoms with E-state index in [-0.39, 0.29) is 29.1 Å². The Kier molecular flexibility index (Phi) is 8.13. The molecule has 1 unspecified atom stereocenters. The maximum absolute atomic E-state index is 14.1. The van der Waals surface area contributed by atoms with Gasteiger partial charge in [0.15, 0.2) is 0 Å². The van der Waals surface area contributed by atoms with Crippen LogP contribution in [0.1, 0.15) is 87.2 Å². The van der Waals surface area contributed by atoms with E-state index in [2.05, 4.69) is 28.0 Å². The summed E-state index contributed by atoms with van der Waals surface area (Å²) in [4.78, 5) is 41.1. The number of hydrogen-bond acceptors (Lipinski definition) is 5. The molecule has 4 aliphatic rings. The van der Waals surface area contributed by atoms with Crippen molar-refractivity contribution in [2.75, 3.05) is 25.1 Å². The number of anilines is 1. The molecule has 1 aromatic heterocycles. The van der Waals surface area contributed by atoms with Crippen LogP contribution < -0.4 is 16.0 Å². The van der Waals surface area contributed by atoms with Gasteiger partial charge in [-0.15, -0.1) is 0 Å². The van der Waals surface area contributed by atoms with Crippen molar-refractivity contribution >= 4 is 23.4 Å². The van der Waals surface area contributed by atoms with Gasteiger partial charge in [-0.25, -0.2) is 0 Å². The molecule has 1 aliphatic heterocycles. The molecule has 0 radical (unpaired) electrons. The number of ether oxygens (including phenoxy) is 1. The van der Waals surface area contributed by atoms with E-state index < -0.39 is 11.5 Å². The number of amides is 3. The second-order valence-corrected chi connectivity index (χ2v) is 13.6. The summed E-state index contributed by atoms with van der Waals surface area (Å²) in [5.74, 6) is 0.472. The number of nitrogens with zero attached hydrogens (tertiary/aromatic N) is 2. The summed E-state index contributed by atoms with van der Waals surface area (Å²) in [6.45, 7) is 3.75. The molecule has 3 amide bonds. The number of rotatable bonds is 11. The molecule has 4 fully saturated rings. The third-order valence-corrected chi connectivity index (χ3v) is 10.8. The molecule has 3 N–H and O–H groups in total. The fourth-order valence-corrected chi connectivity index (χ4v) is 7.36. The highest BCUT2D eigenvalue weighted by Crippen LogP contribution is 2.46. The Labute approximate surface area is 248 Å². The van der Waals surface area contributed by atoms with Gasteiger partial charge in [-0.3, -0.25) is 19.1 Å². The first-order chi connectivity index (χ1) is 20.3. The summed E-state index contributed by atoms with van der Waals surface area (Å²) in [7, 11) is 1.73. The fourth-order valence-electron chi connectivity index (χ4n) is 7.36. The Hall–Kier alpha value is -3.20. The lowest BCUT2D eigenvalue weighted by atomic mass is 9.62. The van der Waals surface area contributed by atoms with E-state index in [0.29, 0.717) is 49.4 Å². The first-order valence-corrected chi connectivity index (χ1v) is 15.8. The molecule has 9 heteroatoms. The highest BCUT2D eigenvalue weighted by molar-refractivity contribution is 6.01. The van der Waals surface area contributed by atoms with Gasteiger partial charge < -0.3 is 20.7 Å². The topological polar surface area (TPSA) is 114 Å². The molecule has 0 spiro atoms. The Balaban J connectivity index is 1.23. The molecule has 2 atom stereocenters. The molecule has 226 valence electrons. The Morgan fingerprint density at radius 3 is 2.33 bits per heavy atom. The van der Waals surface area contributed by atoms with Gasteiger partial charge in [-0.1, -0.05) is 64.0 Å². The molecule has 0 bridgehead atoms. The van der Waals surface area contributed by atoms with Crippen molar-refractivity contribution in [3.63, 3.8) is 0 Å². The van der Waals surface area contributed by atoms with Crippen LogP contribution in [0.25, 0.3) is 0 Å². The summed E-state index contributed by atoms with van der Waals surface area (Å²) in [6, 6.07) is 8.65. The lowest BCUT2D eigenvalue weighted by Gasteiger charge is -2.46. The van der Waals surface area contributed by atoms with Crippen LogP contribution in [0.2, 0.25) is 0 Å². The van der Waals surface area contributed by atoms with Crippen LogP contribution in [0.3, 0.4) is 0 Å². The number of hydrogen-bond donors (Lipinski definition) is 3. The van der Waals surface area contributed by atoms with Gasteiger partial charge in [0, 0.05) is 32.1 Å². The molecular weight excluding hydrogens is 530 g/mol. The zero-order chi connectivity index (χ0) is 29.3. The molecule has 1 aromatic carbocycles. The van der Waals surface area contributed by atoms with E-state index in [1.165, 1.54) is 23.9 Å². The van der Waals surface area contributed by atoms with E-state index in [9.17, 15) is 14.4 Å². The van der Waals surface area contributed by atoms with E-state index in [1.807, 2.05) is 24.3 Å². The number of benzene rings is 1. The van der Waals surface area contributed by atoms with Gasteiger partial charge in [-0.2, -0.15) is 5.10 Å². The quantitative estimate of drug-likeness (QED) is 0.369. The first kappa shape index (κ1) is 28.9. The largest absolute Gasteiger partial charge is 0.380 e. The molecule has 6 rings (SSSR count). The van der Waals surface area contributed by atoms with Crippen LogP contribution in [-0.4, -0.2) is 53.3 Å². The van der Waals surface area contributed by atoms with Crippen molar-refractivity contribution in [3.05, 3.63) is 47.8 Å². The Bertz CT molecular complexity index is 1290. The lowest BCUT2D eigenvalue weighted by Crippen LogP contribution is -2.54. The van der Waals surface area contributed by atoms with Gasteiger partial charge >= 0.3 is 0 Å². The van der Waals surface area contributed by atoms with Gasteiger partial charge in [-0.05, 0) is 66.2 Å². The second kappa shape index (κ2) is 11.8. The van der Waals surface area contributed by atoms with E-state index >= 15 is 0 Å². The fraction of sp³-hybridized carbons (Fsp3) is 0.636. The second-order valence-electron chi connectivity index (χ2n) is 13.6. The lowest BCUT2D eigenvalue weighted by molar-refractivity contribution is -0.127. The van der Waals surface area contributed by atoms with E-state index in [4.69, 9.17) is 4.74 Å². The van der Waals surface area contributed by atoms with Crippen LogP contribution in [0.15, 0.2) is 36.5 Å². The predicted octanol–water partition coefficient (Wildman–Crippen LogP) is 4.34. The number of nitrogens with one attached hydrogen (secondary N) is 3. The molecule has 3 aliphatic carbocycles. The minimum absolute atomic E-state index is 0.00653. The molecular formula is C33H45N5O4. The average Bonchev–Trinajstić information content (AvgIpc) is 3.57. The smallest absolute Gasteiger partial charge is 0.270 e. The Morgan fingerprint density at radius 2 is 1.79 bits per heavy atom. The van der Waals surface area contributed by atoms with Crippen molar-refractivity contribution in [1.82, 2.24) is 20.4 Å². The minimum atomic E-state index is -0.783. The normalized spacial score (nSPS) is 24.3. The molecule has 2 heterocycles. The number of carbonyl (C=O) groups is 3. The zero-order valence-corrected chi connectivity index (χ0v) is 25.0. The average molecular weight is 576 g/mol. The molecule has 2 aromatic rings. The summed E-state index contributed by atoms with van der Waals surface area (Å²) in [6.07, 6.45) is 12.4. The Morgan fingerprint density at radius 1 is 1.05 bits per heavy atom. The maximum atomic E-state index is 14.1. The monoisotopic (exact) mass is 575 g/mol. The standard InChI is InChI=1S/C33H45N5O4/c1-32(14-6-15-32)20-34-31(41)33(16-18-42-21-33)24-11-5-12-25(19-24)36-30(40)28(37-29(39)26-13-17-35-38(26)2)27(22-7-3-8-22)23-9-4-10-23/h5,11-13,17,19,22-23,27-28H,3-4,6-10,14-16,18,20-21H2,1-2H3,(H,34,41)(H,36,40)(H,37,39)/t28-,33?/m0/s1. The van der Waals surface area contributed by atoms with Gasteiger partial charge in [0.05, 0.1) is 12.0 Å². The van der Waals surface area contributed by atoms with E-state index in [1.54, 1.807) is 19.3 Å². The van der Waals surface area contributed by atoms with Crippen molar-refractivity contribution in [2.45, 2.75) is 82.6 Å². The van der Waals surface area contributed by atoms with Crippen LogP contribution in [0.5, 0.6) is 0 Å². The van der Waals surface area contributed by atoms with Gasteiger partial charge in [0.25, 0.3) is 5.91 Å². The number of aromatic nitrogens is 2. The van der Waals surface area contributed by atoms with Crippen LogP contribution >= 0.6 is 0 Å². The predicted molar refractivity (Wildman–Crippen MR) is 160 cm³/mol. The number of aryl methyl sites for hydroxylation is 1. The molecule has 1 saturated heterocycles. The number of carbonyl (C=O) groups excluding carboxylic acids is 3. The van der Waals surface area contributed by atoms with Crippen molar-refractivity contribution in [2.24, 2.45) is 30.2 Å². The van der Waals surface area contributed by atoms with Gasteiger partial charge in [0.1, 0.15) is 11.7 Å². The SMILES string of the molecule is Cn1nccc1C(=O)N[C@H](C(=O)Nc1cccc(C2(C(=O)NCC3(C)CCC3)CCOC2)c1)C(C1CCC1)C1CCC1. The third-order valence-electron chi connectivity index (χ3n) is 10.8. The van der Waals surface area contributed by atoms with E-state index in [0.717, 1.165) is 44.1 Å². The molecule has 42 heavy (non-hydrogen) atoms. The summed E-state index contributed by atoms with van der Waals surface area (Å²) in [5.41, 5.74) is 1.30. The van der Waals surface area contributed by atoms with Crippen molar-refractivity contribution in [3.8, 4) is 0 Å². The van der Waals surface area contributed by atoms with Crippen LogP contribution in [0, 0.1) is 23.2 Å². The first-order valence-electron chi connectivity index (χ1n) is 15.8. The summed E-state index contributed by atoms with van der Waals surface area (Å²) >= 11 is 0. The summed E-state index contributed by atoms with van der Waals surface area (Å²) < 4.78 is 7.31. The highest BCUT2D eigenvalue weighted by atomic mass is 16.5. The highest BCUT2D eigenvalue weighted by Gasteiger charge is 2.46. The van der Waals surface area contributed by atoms with Crippen molar-refractivity contribution < 1.29 is 19.1 Å². The summed E-state index contributed by atoms with van der Waals surface area (Å²) in [5, 5.41) is 13.6. The third kappa shape index (κ3) is 5.60. The minimum Gasteiger partial charge on any atom is -0.380 e.